The van der Waals surface area contributed by atoms with Crippen molar-refractivity contribution in [3.63, 3.8) is 0 Å². The van der Waals surface area contributed by atoms with E-state index < -0.39 is 17.8 Å². The molecule has 0 bridgehead atoms. The lowest BCUT2D eigenvalue weighted by atomic mass is 10.1. The summed E-state index contributed by atoms with van der Waals surface area (Å²) in [4.78, 5) is 38.0. The summed E-state index contributed by atoms with van der Waals surface area (Å²) in [6.07, 6.45) is 1.47. The molecular formula is C19H15ClN2O3. The number of benzene rings is 2. The maximum atomic E-state index is 12.8. The van der Waals surface area contributed by atoms with Crippen molar-refractivity contribution in [2.75, 3.05) is 4.90 Å². The molecule has 1 heterocycles. The van der Waals surface area contributed by atoms with E-state index in [4.69, 9.17) is 11.6 Å². The second kappa shape index (κ2) is 6.53. The van der Waals surface area contributed by atoms with E-state index in [9.17, 15) is 14.4 Å². The highest BCUT2D eigenvalue weighted by Gasteiger charge is 2.36. The minimum Gasteiger partial charge on any atom is -0.273 e. The van der Waals surface area contributed by atoms with Crippen molar-refractivity contribution < 1.29 is 14.4 Å². The van der Waals surface area contributed by atoms with Crippen molar-refractivity contribution in [1.82, 2.24) is 5.32 Å². The van der Waals surface area contributed by atoms with Gasteiger partial charge < -0.3 is 0 Å². The predicted octanol–water partition coefficient (Wildman–Crippen LogP) is 3.62. The zero-order valence-electron chi connectivity index (χ0n) is 13.7. The maximum absolute atomic E-state index is 12.8. The van der Waals surface area contributed by atoms with Crippen LogP contribution < -0.4 is 10.2 Å². The highest BCUT2D eigenvalue weighted by atomic mass is 35.5. The smallest absolute Gasteiger partial charge is 0.273 e. The summed E-state index contributed by atoms with van der Waals surface area (Å²) in [7, 11) is 0. The Morgan fingerprint density at radius 2 is 1.80 bits per heavy atom. The van der Waals surface area contributed by atoms with Crippen LogP contribution in [0, 0.1) is 13.8 Å². The van der Waals surface area contributed by atoms with Gasteiger partial charge in [-0.25, -0.2) is 9.69 Å². The van der Waals surface area contributed by atoms with Gasteiger partial charge in [-0.3, -0.25) is 14.9 Å². The number of carbonyl (C=O) groups excluding carboxylic acids is 3. The third kappa shape index (κ3) is 3.32. The summed E-state index contributed by atoms with van der Waals surface area (Å²) in [5.41, 5.74) is 2.72. The summed E-state index contributed by atoms with van der Waals surface area (Å²) in [5, 5.41) is 2.62. The standard InChI is InChI=1S/C19H15ClN2O3/c1-11-4-3-5-13(8-11)9-15-17(23)21-19(25)22(18(15)24)14-7-6-12(2)16(20)10-14/h3-10H,1-2H3,(H,21,23,25)/b15-9-. The lowest BCUT2D eigenvalue weighted by molar-refractivity contribution is -0.122. The number of nitrogens with one attached hydrogen (secondary N) is 1. The van der Waals surface area contributed by atoms with Crippen LogP contribution in [0.5, 0.6) is 0 Å². The first-order chi connectivity index (χ1) is 11.9. The first kappa shape index (κ1) is 16.9. The molecule has 25 heavy (non-hydrogen) atoms. The van der Waals surface area contributed by atoms with Crippen LogP contribution >= 0.6 is 11.6 Å². The fraction of sp³-hybridized carbons (Fsp3) is 0.105. The van der Waals surface area contributed by atoms with E-state index >= 15 is 0 Å². The van der Waals surface area contributed by atoms with Crippen molar-refractivity contribution in [3.05, 3.63) is 69.8 Å². The summed E-state index contributed by atoms with van der Waals surface area (Å²) >= 11 is 6.09. The van der Waals surface area contributed by atoms with E-state index in [1.165, 1.54) is 12.1 Å². The number of rotatable bonds is 2. The molecule has 0 radical (unpaired) electrons. The SMILES string of the molecule is Cc1cccc(/C=C2/C(=O)NC(=O)N(c3ccc(C)c(Cl)c3)C2=O)c1. The van der Waals surface area contributed by atoms with Crippen LogP contribution in [0.1, 0.15) is 16.7 Å². The Kier molecular flexibility index (Phi) is 4.42. The number of nitrogens with zero attached hydrogens (tertiary/aromatic N) is 1. The van der Waals surface area contributed by atoms with Crippen molar-refractivity contribution in [2.45, 2.75) is 13.8 Å². The minimum atomic E-state index is -0.795. The van der Waals surface area contributed by atoms with Gasteiger partial charge in [-0.2, -0.15) is 0 Å². The first-order valence-corrected chi connectivity index (χ1v) is 7.99. The lowest BCUT2D eigenvalue weighted by Gasteiger charge is -2.26. The number of carbonyl (C=O) groups is 3. The third-order valence-corrected chi connectivity index (χ3v) is 4.28. The second-order valence-electron chi connectivity index (χ2n) is 5.81. The Bertz CT molecular complexity index is 934. The van der Waals surface area contributed by atoms with E-state index in [2.05, 4.69) is 5.32 Å². The van der Waals surface area contributed by atoms with Crippen molar-refractivity contribution >= 4 is 41.2 Å². The van der Waals surface area contributed by atoms with E-state index in [1.807, 2.05) is 32.0 Å². The van der Waals surface area contributed by atoms with Gasteiger partial charge in [0.2, 0.25) is 0 Å². The van der Waals surface area contributed by atoms with Gasteiger partial charge in [0.25, 0.3) is 11.8 Å². The topological polar surface area (TPSA) is 66.5 Å². The van der Waals surface area contributed by atoms with Crippen LogP contribution in [0.3, 0.4) is 0 Å². The number of urea groups is 1. The average molecular weight is 355 g/mol. The molecule has 4 amide bonds. The zero-order valence-corrected chi connectivity index (χ0v) is 14.4. The van der Waals surface area contributed by atoms with E-state index in [-0.39, 0.29) is 5.57 Å². The molecule has 2 aromatic carbocycles. The molecule has 1 N–H and O–H groups in total. The number of imide groups is 2. The van der Waals surface area contributed by atoms with E-state index in [0.717, 1.165) is 16.0 Å². The fourth-order valence-corrected chi connectivity index (χ4v) is 2.71. The van der Waals surface area contributed by atoms with E-state index in [1.54, 1.807) is 18.2 Å². The zero-order chi connectivity index (χ0) is 18.1. The molecule has 0 spiro atoms. The molecule has 6 heteroatoms. The molecule has 0 aromatic heterocycles. The molecule has 126 valence electrons. The van der Waals surface area contributed by atoms with Gasteiger partial charge in [0.15, 0.2) is 0 Å². The lowest BCUT2D eigenvalue weighted by Crippen LogP contribution is -2.54. The van der Waals surface area contributed by atoms with Crippen LogP contribution in [0.4, 0.5) is 10.5 Å². The Balaban J connectivity index is 2.03. The quantitative estimate of drug-likeness (QED) is 0.661. The molecule has 0 atom stereocenters. The Morgan fingerprint density at radius 3 is 2.48 bits per heavy atom. The monoisotopic (exact) mass is 354 g/mol. The first-order valence-electron chi connectivity index (χ1n) is 7.61. The molecular weight excluding hydrogens is 340 g/mol. The molecule has 1 fully saturated rings. The van der Waals surface area contributed by atoms with Gasteiger partial charge in [-0.1, -0.05) is 47.5 Å². The van der Waals surface area contributed by atoms with Gasteiger partial charge in [-0.15, -0.1) is 0 Å². The van der Waals surface area contributed by atoms with Gasteiger partial charge in [0, 0.05) is 5.02 Å². The molecule has 1 aliphatic heterocycles. The van der Waals surface area contributed by atoms with Gasteiger partial charge >= 0.3 is 6.03 Å². The number of barbiturate groups is 1. The normalized spacial score (nSPS) is 16.4. The van der Waals surface area contributed by atoms with Crippen LogP contribution in [0.25, 0.3) is 6.08 Å². The molecule has 0 unspecified atom stereocenters. The highest BCUT2D eigenvalue weighted by Crippen LogP contribution is 2.26. The summed E-state index contributed by atoms with van der Waals surface area (Å²) < 4.78 is 0. The second-order valence-corrected chi connectivity index (χ2v) is 6.21. The molecule has 2 aromatic rings. The Hall–Kier alpha value is -2.92. The summed E-state index contributed by atoms with van der Waals surface area (Å²) in [6, 6.07) is 11.4. The van der Waals surface area contributed by atoms with Crippen molar-refractivity contribution in [3.8, 4) is 0 Å². The van der Waals surface area contributed by atoms with Gasteiger partial charge in [-0.05, 0) is 43.2 Å². The van der Waals surface area contributed by atoms with Crippen LogP contribution in [0.15, 0.2) is 48.0 Å². The highest BCUT2D eigenvalue weighted by molar-refractivity contribution is 6.39. The summed E-state index contributed by atoms with van der Waals surface area (Å²) in [5.74, 6) is -1.40. The van der Waals surface area contributed by atoms with Crippen molar-refractivity contribution in [1.29, 1.82) is 0 Å². The van der Waals surface area contributed by atoms with Crippen LogP contribution in [-0.4, -0.2) is 17.8 Å². The van der Waals surface area contributed by atoms with Crippen molar-refractivity contribution in [2.24, 2.45) is 0 Å². The number of anilines is 1. The Labute approximate surface area is 149 Å². The molecule has 1 aliphatic rings. The van der Waals surface area contributed by atoms with Gasteiger partial charge in [0.05, 0.1) is 5.69 Å². The predicted molar refractivity (Wildman–Crippen MR) is 96.4 cm³/mol. The number of amides is 4. The largest absolute Gasteiger partial charge is 0.335 e. The van der Waals surface area contributed by atoms with Crippen LogP contribution in [0.2, 0.25) is 5.02 Å². The molecule has 1 saturated heterocycles. The molecule has 0 saturated carbocycles. The average Bonchev–Trinajstić information content (AvgIpc) is 2.55. The van der Waals surface area contributed by atoms with Crippen LogP contribution in [-0.2, 0) is 9.59 Å². The minimum absolute atomic E-state index is 0.109. The molecule has 0 aliphatic carbocycles. The van der Waals surface area contributed by atoms with E-state index in [0.29, 0.717) is 16.3 Å². The maximum Gasteiger partial charge on any atom is 0.335 e. The molecule has 3 rings (SSSR count). The fourth-order valence-electron chi connectivity index (χ4n) is 2.54. The third-order valence-electron chi connectivity index (χ3n) is 3.87. The summed E-state index contributed by atoms with van der Waals surface area (Å²) in [6.45, 7) is 3.73. The number of halogens is 1. The van der Waals surface area contributed by atoms with Gasteiger partial charge in [0.1, 0.15) is 5.57 Å². The Morgan fingerprint density at radius 1 is 1.04 bits per heavy atom. The number of hydrogen-bond acceptors (Lipinski definition) is 3. The number of aryl methyl sites for hydroxylation is 2. The number of hydrogen-bond donors (Lipinski definition) is 1. The molecule has 5 nitrogen and oxygen atoms in total.